The number of amides is 1. The van der Waals surface area contributed by atoms with E-state index in [2.05, 4.69) is 24.1 Å². The van der Waals surface area contributed by atoms with Crippen molar-refractivity contribution in [3.63, 3.8) is 0 Å². The van der Waals surface area contributed by atoms with Crippen LogP contribution in [0.2, 0.25) is 0 Å². The van der Waals surface area contributed by atoms with Crippen molar-refractivity contribution in [1.29, 1.82) is 0 Å². The number of nitrogens with one attached hydrogen (secondary N) is 1. The van der Waals surface area contributed by atoms with E-state index >= 15 is 0 Å². The number of para-hydroxylation sites is 1. The highest BCUT2D eigenvalue weighted by atomic mass is 32.2. The Hall–Kier alpha value is -2.35. The van der Waals surface area contributed by atoms with Crippen LogP contribution >= 0.6 is 11.8 Å². The lowest BCUT2D eigenvalue weighted by Gasteiger charge is -2.14. The predicted molar refractivity (Wildman–Crippen MR) is 110 cm³/mol. The molecule has 1 amide bonds. The fourth-order valence-corrected chi connectivity index (χ4v) is 3.34. The van der Waals surface area contributed by atoms with Gasteiger partial charge in [-0.1, -0.05) is 37.7 Å². The van der Waals surface area contributed by atoms with Crippen LogP contribution < -0.4 is 10.9 Å². The molecule has 0 saturated heterocycles. The van der Waals surface area contributed by atoms with Crippen molar-refractivity contribution in [2.75, 3.05) is 12.4 Å². The van der Waals surface area contributed by atoms with E-state index in [4.69, 9.17) is 4.74 Å². The lowest BCUT2D eigenvalue weighted by atomic mass is 10.1. The number of esters is 1. The van der Waals surface area contributed by atoms with E-state index < -0.39 is 5.97 Å². The van der Waals surface area contributed by atoms with Crippen molar-refractivity contribution in [2.24, 2.45) is 5.92 Å². The normalized spacial score (nSPS) is 11.2. The number of rotatable bonds is 9. The number of hydrogen-bond acceptors (Lipinski definition) is 6. The van der Waals surface area contributed by atoms with Gasteiger partial charge in [0.1, 0.15) is 0 Å². The Morgan fingerprint density at radius 1 is 1.21 bits per heavy atom. The molecule has 1 aromatic heterocycles. The number of carbonyl (C=O) groups is 2. The average molecular weight is 406 g/mol. The van der Waals surface area contributed by atoms with Gasteiger partial charge in [-0.25, -0.2) is 4.98 Å². The molecule has 2 aromatic rings. The third-order valence-electron chi connectivity index (χ3n) is 3.89. The number of hydrogen-bond donors (Lipinski definition) is 1. The summed E-state index contributed by atoms with van der Waals surface area (Å²) in [6.07, 6.45) is 0.827. The standard InChI is InChI=1S/C20H27N3O4S/c1-13(2)9-10-23-19(26)15-7-5-6-8-16(15)22-20(23)28-12-18(25)27-11-17(24)21-14(3)4/h5-8,13-14H,9-12H2,1-4H3,(H,21,24). The largest absolute Gasteiger partial charge is 0.455 e. The molecule has 1 N–H and O–H groups in total. The molecular weight excluding hydrogens is 378 g/mol. The Morgan fingerprint density at radius 2 is 1.93 bits per heavy atom. The summed E-state index contributed by atoms with van der Waals surface area (Å²) >= 11 is 1.15. The minimum absolute atomic E-state index is 0.0160. The molecule has 8 heteroatoms. The fraction of sp³-hybridized carbons (Fsp3) is 0.500. The summed E-state index contributed by atoms with van der Waals surface area (Å²) in [6.45, 7) is 8.05. The van der Waals surface area contributed by atoms with Crippen LogP contribution in [0.3, 0.4) is 0 Å². The molecule has 152 valence electrons. The van der Waals surface area contributed by atoms with Gasteiger partial charge in [0.05, 0.1) is 16.7 Å². The molecule has 0 unspecified atom stereocenters. The summed E-state index contributed by atoms with van der Waals surface area (Å²) in [5.41, 5.74) is 0.485. The first-order valence-corrected chi connectivity index (χ1v) is 10.3. The van der Waals surface area contributed by atoms with Crippen LogP contribution in [0, 0.1) is 5.92 Å². The van der Waals surface area contributed by atoms with Crippen LogP contribution in [0.15, 0.2) is 34.2 Å². The molecule has 0 atom stereocenters. The van der Waals surface area contributed by atoms with Gasteiger partial charge in [-0.05, 0) is 38.3 Å². The van der Waals surface area contributed by atoms with Crippen LogP contribution in [-0.4, -0.2) is 39.8 Å². The third kappa shape index (κ3) is 6.37. The Morgan fingerprint density at radius 3 is 2.61 bits per heavy atom. The first-order chi connectivity index (χ1) is 13.3. The fourth-order valence-electron chi connectivity index (χ4n) is 2.52. The van der Waals surface area contributed by atoms with E-state index in [1.54, 1.807) is 16.7 Å². The molecule has 1 aromatic carbocycles. The second-order valence-corrected chi connectivity index (χ2v) is 8.16. The SMILES string of the molecule is CC(C)CCn1c(SCC(=O)OCC(=O)NC(C)C)nc2ccccc2c1=O. The van der Waals surface area contributed by atoms with Gasteiger partial charge < -0.3 is 10.1 Å². The molecule has 0 fully saturated rings. The number of nitrogens with zero attached hydrogens (tertiary/aromatic N) is 2. The topological polar surface area (TPSA) is 90.3 Å². The maximum Gasteiger partial charge on any atom is 0.316 e. The quantitative estimate of drug-likeness (QED) is 0.392. The van der Waals surface area contributed by atoms with Crippen LogP contribution in [0.25, 0.3) is 10.9 Å². The maximum absolute atomic E-state index is 12.9. The number of thioether (sulfide) groups is 1. The van der Waals surface area contributed by atoms with E-state index in [9.17, 15) is 14.4 Å². The zero-order valence-electron chi connectivity index (χ0n) is 16.7. The van der Waals surface area contributed by atoms with Gasteiger partial charge in [-0.15, -0.1) is 0 Å². The van der Waals surface area contributed by atoms with Crippen molar-refractivity contribution < 1.29 is 14.3 Å². The van der Waals surface area contributed by atoms with Gasteiger partial charge >= 0.3 is 5.97 Å². The van der Waals surface area contributed by atoms with Crippen molar-refractivity contribution >= 4 is 34.5 Å². The smallest absolute Gasteiger partial charge is 0.316 e. The molecular formula is C20H27N3O4S. The molecule has 0 saturated carbocycles. The number of ether oxygens (including phenoxy) is 1. The zero-order valence-corrected chi connectivity index (χ0v) is 17.5. The van der Waals surface area contributed by atoms with Crippen molar-refractivity contribution in [1.82, 2.24) is 14.9 Å². The van der Waals surface area contributed by atoms with Gasteiger partial charge in [0.25, 0.3) is 11.5 Å². The lowest BCUT2D eigenvalue weighted by Crippen LogP contribution is -2.34. The van der Waals surface area contributed by atoms with Gasteiger partial charge in [-0.3, -0.25) is 19.0 Å². The van der Waals surface area contributed by atoms with Crippen LogP contribution in [0.5, 0.6) is 0 Å². The molecule has 7 nitrogen and oxygen atoms in total. The minimum atomic E-state index is -0.526. The number of aromatic nitrogens is 2. The highest BCUT2D eigenvalue weighted by Gasteiger charge is 2.15. The molecule has 0 aliphatic rings. The Labute approximate surface area is 168 Å². The number of benzene rings is 1. The Bertz CT molecular complexity index is 893. The molecule has 0 aliphatic heterocycles. The molecule has 0 bridgehead atoms. The highest BCUT2D eigenvalue weighted by Crippen LogP contribution is 2.19. The van der Waals surface area contributed by atoms with Gasteiger partial charge in [0.15, 0.2) is 11.8 Å². The molecule has 2 rings (SSSR count). The summed E-state index contributed by atoms with van der Waals surface area (Å²) in [7, 11) is 0. The minimum Gasteiger partial charge on any atom is -0.455 e. The summed E-state index contributed by atoms with van der Waals surface area (Å²) in [6, 6.07) is 7.15. The second kappa shape index (κ2) is 10.3. The average Bonchev–Trinajstić information content (AvgIpc) is 2.63. The first kappa shape index (κ1) is 21.9. The first-order valence-electron chi connectivity index (χ1n) is 9.35. The molecule has 0 aliphatic carbocycles. The predicted octanol–water partition coefficient (Wildman–Crippen LogP) is 2.60. The number of fused-ring (bicyclic) bond motifs is 1. The Kier molecular flexibility index (Phi) is 8.04. The van der Waals surface area contributed by atoms with Crippen LogP contribution in [-0.2, 0) is 20.9 Å². The summed E-state index contributed by atoms with van der Waals surface area (Å²) in [5.74, 6) is -0.463. The van der Waals surface area contributed by atoms with E-state index in [0.29, 0.717) is 28.5 Å². The third-order valence-corrected chi connectivity index (χ3v) is 4.84. The van der Waals surface area contributed by atoms with E-state index in [0.717, 1.165) is 18.2 Å². The van der Waals surface area contributed by atoms with Crippen LogP contribution in [0.1, 0.15) is 34.1 Å². The van der Waals surface area contributed by atoms with Crippen LogP contribution in [0.4, 0.5) is 0 Å². The molecule has 28 heavy (non-hydrogen) atoms. The summed E-state index contributed by atoms with van der Waals surface area (Å²) in [4.78, 5) is 41.0. The molecule has 0 radical (unpaired) electrons. The highest BCUT2D eigenvalue weighted by molar-refractivity contribution is 7.99. The second-order valence-electron chi connectivity index (χ2n) is 7.22. The van der Waals surface area contributed by atoms with Crippen molar-refractivity contribution in [2.45, 2.75) is 51.9 Å². The Balaban J connectivity index is 2.11. The maximum atomic E-state index is 12.9. The number of carbonyl (C=O) groups excluding carboxylic acids is 2. The van der Waals surface area contributed by atoms with E-state index in [-0.39, 0.29) is 29.9 Å². The van der Waals surface area contributed by atoms with Crippen molar-refractivity contribution in [3.05, 3.63) is 34.6 Å². The van der Waals surface area contributed by atoms with E-state index in [1.165, 1.54) is 0 Å². The summed E-state index contributed by atoms with van der Waals surface area (Å²) in [5, 5.41) is 3.69. The van der Waals surface area contributed by atoms with Gasteiger partial charge in [-0.2, -0.15) is 0 Å². The lowest BCUT2D eigenvalue weighted by molar-refractivity contribution is -0.146. The zero-order chi connectivity index (χ0) is 20.7. The van der Waals surface area contributed by atoms with Gasteiger partial charge in [0.2, 0.25) is 0 Å². The monoisotopic (exact) mass is 405 g/mol. The summed E-state index contributed by atoms with van der Waals surface area (Å²) < 4.78 is 6.61. The van der Waals surface area contributed by atoms with E-state index in [1.807, 2.05) is 26.0 Å². The molecule has 0 spiro atoms. The van der Waals surface area contributed by atoms with Gasteiger partial charge in [0, 0.05) is 12.6 Å². The van der Waals surface area contributed by atoms with Crippen molar-refractivity contribution in [3.8, 4) is 0 Å². The molecule has 1 heterocycles.